The molecule has 0 atom stereocenters. The van der Waals surface area contributed by atoms with Crippen molar-refractivity contribution in [3.05, 3.63) is 159 Å². The topological polar surface area (TPSA) is 0 Å². The number of hydrogen-bond donors (Lipinski definition) is 0. The van der Waals surface area contributed by atoms with Crippen molar-refractivity contribution < 1.29 is 49.0 Å². The Hall–Kier alpha value is -2.96. The van der Waals surface area contributed by atoms with Crippen LogP contribution in [0.1, 0.15) is 182 Å². The third-order valence-electron chi connectivity index (χ3n) is 13.2. The van der Waals surface area contributed by atoms with Crippen molar-refractivity contribution in [3.8, 4) is 0 Å². The molecular weight excluding hydrogens is 895 g/mol. The molecule has 3 aliphatic rings. The molecule has 0 spiro atoms. The molecule has 0 heterocycles. The van der Waals surface area contributed by atoms with E-state index >= 15 is 0 Å². The van der Waals surface area contributed by atoms with Gasteiger partial charge in [-0.1, -0.05) is 131 Å². The minimum absolute atomic E-state index is 0. The third kappa shape index (κ3) is 11.4. The Morgan fingerprint density at radius 2 is 0.875 bits per heavy atom. The van der Waals surface area contributed by atoms with Gasteiger partial charge in [-0.3, -0.25) is 6.08 Å². The molecule has 0 aliphatic heterocycles. The van der Waals surface area contributed by atoms with Crippen molar-refractivity contribution in [2.75, 3.05) is 0 Å². The summed E-state index contributed by atoms with van der Waals surface area (Å²) in [5, 5.41) is 5.58. The molecule has 5 aromatic rings. The predicted molar refractivity (Wildman–Crippen MR) is 271 cm³/mol. The van der Waals surface area contributed by atoms with Crippen molar-refractivity contribution in [1.29, 1.82) is 0 Å². The summed E-state index contributed by atoms with van der Waals surface area (Å²) >= 11 is 1.46. The average molecular weight is 971 g/mol. The number of hydrogen-bond acceptors (Lipinski definition) is 0. The van der Waals surface area contributed by atoms with Gasteiger partial charge in [-0.2, -0.15) is 11.6 Å². The fraction of sp³-hybridized carbons (Fsp3) is 0.443. The van der Waals surface area contributed by atoms with E-state index in [0.29, 0.717) is 5.41 Å². The zero-order chi connectivity index (χ0) is 46.2. The largest absolute Gasteiger partial charge is 1.00 e. The Kier molecular flexibility index (Phi) is 15.6. The number of halogens is 2. The van der Waals surface area contributed by atoms with Crippen LogP contribution in [0, 0.1) is 22.3 Å². The van der Waals surface area contributed by atoms with Gasteiger partial charge in [0.2, 0.25) is 0 Å². The van der Waals surface area contributed by atoms with Gasteiger partial charge in [0.25, 0.3) is 0 Å². The van der Waals surface area contributed by atoms with Gasteiger partial charge in [-0.25, -0.2) is 6.08 Å². The van der Waals surface area contributed by atoms with Gasteiger partial charge in [0, 0.05) is 10.8 Å². The molecule has 0 amide bonds. The van der Waals surface area contributed by atoms with E-state index in [2.05, 4.69) is 241 Å². The summed E-state index contributed by atoms with van der Waals surface area (Å²) in [5.41, 5.74) is 16.9. The van der Waals surface area contributed by atoms with Crippen LogP contribution in [0.3, 0.4) is 0 Å². The van der Waals surface area contributed by atoms with E-state index in [4.69, 9.17) is 0 Å². The summed E-state index contributed by atoms with van der Waals surface area (Å²) in [6, 6.07) is 30.5. The smallest absolute Gasteiger partial charge is 1.00 e. The maximum absolute atomic E-state index is 3.16. The van der Waals surface area contributed by atoms with E-state index in [1.165, 1.54) is 110 Å². The molecule has 0 radical (unpaired) electrons. The molecule has 0 saturated heterocycles. The summed E-state index contributed by atoms with van der Waals surface area (Å²) in [5.74, 6) is 0. The van der Waals surface area contributed by atoms with E-state index in [1.54, 1.807) is 0 Å². The molecule has 0 nitrogen and oxygen atoms in total. The molecule has 5 aromatic carbocycles. The van der Waals surface area contributed by atoms with Gasteiger partial charge in [0.05, 0.1) is 0 Å². The molecular formula is C61H76Cl2Zr-2. The third-order valence-corrected chi connectivity index (χ3v) is 14.6. The summed E-state index contributed by atoms with van der Waals surface area (Å²) in [7, 11) is 0. The molecule has 0 saturated carbocycles. The molecule has 0 bridgehead atoms. The first-order valence-corrected chi connectivity index (χ1v) is 24.3. The second kappa shape index (κ2) is 18.6. The van der Waals surface area contributed by atoms with Gasteiger partial charge in [-0.15, -0.1) is 46.2 Å². The van der Waals surface area contributed by atoms with Crippen LogP contribution in [0.4, 0.5) is 0 Å². The van der Waals surface area contributed by atoms with Gasteiger partial charge < -0.3 is 24.8 Å². The fourth-order valence-corrected chi connectivity index (χ4v) is 10.1. The quantitative estimate of drug-likeness (QED) is 0.155. The van der Waals surface area contributed by atoms with E-state index in [9.17, 15) is 0 Å². The maximum Gasteiger partial charge on any atom is -1.00 e. The van der Waals surface area contributed by atoms with Crippen LogP contribution in [0.2, 0.25) is 0 Å². The van der Waals surface area contributed by atoms with Crippen LogP contribution in [0.5, 0.6) is 0 Å². The fourth-order valence-electron chi connectivity index (χ4n) is 9.25. The Morgan fingerprint density at radius 1 is 0.516 bits per heavy atom. The number of benzene rings is 4. The second-order valence-corrected chi connectivity index (χ2v) is 25.9. The summed E-state index contributed by atoms with van der Waals surface area (Å²) in [6.45, 7) is 43.7. The van der Waals surface area contributed by atoms with Gasteiger partial charge in [0.15, 0.2) is 0 Å². The average Bonchev–Trinajstić information content (AvgIpc) is 3.93. The monoisotopic (exact) mass is 968 g/mol. The first-order valence-electron chi connectivity index (χ1n) is 23.1. The van der Waals surface area contributed by atoms with Crippen LogP contribution in [0.25, 0.3) is 32.7 Å². The molecule has 8 rings (SSSR count). The first-order chi connectivity index (χ1) is 28.3. The van der Waals surface area contributed by atoms with E-state index in [0.717, 1.165) is 6.42 Å². The first kappa shape index (κ1) is 53.7. The van der Waals surface area contributed by atoms with Crippen LogP contribution in [-0.4, -0.2) is 3.21 Å². The minimum atomic E-state index is 0. The predicted octanol–water partition coefficient (Wildman–Crippen LogP) is 11.3. The van der Waals surface area contributed by atoms with Crippen molar-refractivity contribution >= 4 is 35.9 Å². The maximum atomic E-state index is 3.16. The summed E-state index contributed by atoms with van der Waals surface area (Å²) < 4.78 is 1.42. The minimum Gasteiger partial charge on any atom is -1.00 e. The van der Waals surface area contributed by atoms with Gasteiger partial charge in [0.1, 0.15) is 0 Å². The van der Waals surface area contributed by atoms with E-state index in [1.807, 2.05) is 0 Å². The van der Waals surface area contributed by atoms with E-state index < -0.39 is 0 Å². The summed E-state index contributed by atoms with van der Waals surface area (Å²) in [6.07, 6.45) is 13.5. The molecule has 0 unspecified atom stereocenters. The zero-order valence-corrected chi connectivity index (χ0v) is 46.7. The number of rotatable bonds is 2. The Labute approximate surface area is 417 Å². The zero-order valence-electron chi connectivity index (χ0n) is 42.8. The van der Waals surface area contributed by atoms with Crippen molar-refractivity contribution in [2.24, 2.45) is 16.2 Å². The molecule has 3 heteroatoms. The SMILES string of the molecule is CC(C)(C)C1=CC(C)(C)c2cc3[cH-]c4cc5c(cc4c3cc21)C(C(C)(C)C)=CC5(C)C.CC(C)(C)C1=CC[C-]=C1.CC(C)(C)c1ccc([C](=[Zr+2])c2ccc(C(C)(C)C)cc2)cc1.[Cl-].[Cl-]. The van der Waals surface area contributed by atoms with Crippen molar-refractivity contribution in [3.63, 3.8) is 0 Å². The van der Waals surface area contributed by atoms with Crippen molar-refractivity contribution in [1.82, 2.24) is 0 Å². The molecule has 3 aliphatic carbocycles. The van der Waals surface area contributed by atoms with Gasteiger partial charge >= 0.3 is 151 Å². The van der Waals surface area contributed by atoms with Crippen molar-refractivity contribution in [2.45, 2.75) is 160 Å². The Bertz CT molecular complexity index is 2470. The molecule has 0 aromatic heterocycles. The van der Waals surface area contributed by atoms with Crippen LogP contribution >= 0.6 is 0 Å². The second-order valence-electron chi connectivity index (χ2n) is 24.7. The van der Waals surface area contributed by atoms with E-state index in [-0.39, 0.29) is 57.3 Å². The van der Waals surface area contributed by atoms with Crippen LogP contribution < -0.4 is 24.8 Å². The molecule has 0 N–H and O–H groups in total. The molecule has 0 fully saturated rings. The Balaban J connectivity index is 0.000000237. The van der Waals surface area contributed by atoms with Gasteiger partial charge in [-0.05, 0) is 33.1 Å². The van der Waals surface area contributed by atoms with Crippen LogP contribution in [-0.2, 0) is 45.9 Å². The standard InChI is InChI=1S/C31H37.C21H26.C9H13.2ClH.Zr/c1-28(2,3)26-16-30(7,8)24-12-18-11-19-13-25-23(15-21(19)20(18)14-22(24)26)27(29(4,5)6)17-31(25,9)10;1-20(2,3)18-11-7-16(8-12-18)15-17-9-13-19(14-10-17)21(4,5)6;1-9(2,3)8-6-4-5-7-8;;;/h11-17H,1-10H3;7-14H,1-6H3;6-7H,4H2,1-3H3;2*1H;/q-1;;-1;;;+2/p-2. The normalized spacial score (nSPS) is 16.3. The molecule has 64 heavy (non-hydrogen) atoms. The summed E-state index contributed by atoms with van der Waals surface area (Å²) in [4.78, 5) is 0. The number of allylic oxidation sites excluding steroid dienone is 8. The molecule has 340 valence electrons. The number of fused-ring (bicyclic) bond motifs is 5. The van der Waals surface area contributed by atoms with Crippen LogP contribution in [0.15, 0.2) is 109 Å². The Morgan fingerprint density at radius 3 is 1.14 bits per heavy atom.